The Balaban J connectivity index is 1.06. The maximum Gasteiger partial charge on any atom is 0.0743 e. The summed E-state index contributed by atoms with van der Waals surface area (Å²) in [6.07, 6.45) is 4.63. The van der Waals surface area contributed by atoms with Crippen LogP contribution in [0.4, 0.5) is 17.1 Å². The Hall–Kier alpha value is -5.82. The molecule has 4 aromatic heterocycles. The first-order chi connectivity index (χ1) is 29.0. The molecular formula is C54H31NS4. The summed E-state index contributed by atoms with van der Waals surface area (Å²) in [5.74, 6) is 0. The third-order valence-corrected chi connectivity index (χ3v) is 18.6. The van der Waals surface area contributed by atoms with E-state index >= 15 is 0 Å². The summed E-state index contributed by atoms with van der Waals surface area (Å²) < 4.78 is 5.39. The predicted molar refractivity (Wildman–Crippen MR) is 258 cm³/mol. The van der Waals surface area contributed by atoms with Crippen LogP contribution in [-0.4, -0.2) is 0 Å². The van der Waals surface area contributed by atoms with Crippen molar-refractivity contribution >= 4 is 126 Å². The van der Waals surface area contributed by atoms with Gasteiger partial charge in [-0.1, -0.05) is 111 Å². The van der Waals surface area contributed by atoms with E-state index in [1.54, 1.807) is 0 Å². The Bertz CT molecular complexity index is 3730. The summed E-state index contributed by atoms with van der Waals surface area (Å²) in [5, 5.41) is 12.8. The highest BCUT2D eigenvalue weighted by Gasteiger charge is 2.52. The van der Waals surface area contributed by atoms with Crippen molar-refractivity contribution in [1.82, 2.24) is 0 Å². The fourth-order valence-electron chi connectivity index (χ4n) is 11.7. The highest BCUT2D eigenvalue weighted by molar-refractivity contribution is 7.27. The zero-order valence-corrected chi connectivity index (χ0v) is 35.3. The molecule has 5 heteroatoms. The normalized spacial score (nSPS) is 15.8. The molecule has 4 aliphatic rings. The van der Waals surface area contributed by atoms with Gasteiger partial charge in [0.05, 0.1) is 27.2 Å². The number of nitrogens with zero attached hydrogens (tertiary/aromatic N) is 1. The maximum absolute atomic E-state index is 2.60. The topological polar surface area (TPSA) is 3.24 Å². The number of para-hydroxylation sites is 1. The minimum absolute atomic E-state index is 0.175. The van der Waals surface area contributed by atoms with Crippen LogP contribution < -0.4 is 4.90 Å². The summed E-state index contributed by atoms with van der Waals surface area (Å²) in [7, 11) is 0. The number of fused-ring (bicyclic) bond motifs is 18. The Morgan fingerprint density at radius 1 is 0.458 bits per heavy atom. The van der Waals surface area contributed by atoms with Crippen molar-refractivity contribution < 1.29 is 0 Å². The number of anilines is 3. The van der Waals surface area contributed by atoms with Gasteiger partial charge in [0.15, 0.2) is 0 Å². The predicted octanol–water partition coefficient (Wildman–Crippen LogP) is 16.6. The van der Waals surface area contributed by atoms with E-state index in [0.717, 1.165) is 0 Å². The third kappa shape index (κ3) is 3.63. The molecule has 0 unspecified atom stereocenters. The zero-order valence-electron chi connectivity index (χ0n) is 32.0. The molecule has 276 valence electrons. The SMILES string of the molecule is CC1(C)c2ccccc2N(c2cccc3c2sc2c4c(ccc23)C2(c3ccsc3-c3sccc32)c2ccc3c5c(ccc-4c25)C=C3)c2cc3sc4ccccc4c3cc21. The highest BCUT2D eigenvalue weighted by Crippen LogP contribution is 2.66. The number of rotatable bonds is 1. The van der Waals surface area contributed by atoms with Crippen LogP contribution in [-0.2, 0) is 10.8 Å². The molecule has 0 radical (unpaired) electrons. The fourth-order valence-corrected chi connectivity index (χ4v) is 16.3. The Labute approximate surface area is 356 Å². The van der Waals surface area contributed by atoms with Gasteiger partial charge in [-0.25, -0.2) is 0 Å². The average molecular weight is 822 g/mol. The van der Waals surface area contributed by atoms with E-state index in [1.807, 2.05) is 45.3 Å². The van der Waals surface area contributed by atoms with Crippen molar-refractivity contribution in [3.63, 3.8) is 0 Å². The quantitative estimate of drug-likeness (QED) is 0.159. The van der Waals surface area contributed by atoms with E-state index in [1.165, 1.54) is 134 Å². The molecule has 7 aromatic carbocycles. The van der Waals surface area contributed by atoms with Crippen molar-refractivity contribution in [2.24, 2.45) is 0 Å². The fraction of sp³-hybridized carbons (Fsp3) is 0.0741. The number of benzene rings is 7. The zero-order chi connectivity index (χ0) is 38.5. The van der Waals surface area contributed by atoms with Gasteiger partial charge in [-0.3, -0.25) is 0 Å². The molecule has 0 N–H and O–H groups in total. The number of hydrogen-bond acceptors (Lipinski definition) is 5. The van der Waals surface area contributed by atoms with Crippen LogP contribution in [0.15, 0.2) is 138 Å². The molecule has 3 aliphatic carbocycles. The molecular weight excluding hydrogens is 791 g/mol. The number of hydrogen-bond donors (Lipinski definition) is 0. The molecule has 0 saturated heterocycles. The second-order valence-electron chi connectivity index (χ2n) is 17.1. The van der Waals surface area contributed by atoms with Crippen LogP contribution in [0.2, 0.25) is 0 Å². The van der Waals surface area contributed by atoms with Crippen LogP contribution in [0.25, 0.3) is 84.2 Å². The Kier molecular flexibility index (Phi) is 5.80. The van der Waals surface area contributed by atoms with Crippen molar-refractivity contribution in [1.29, 1.82) is 0 Å². The minimum Gasteiger partial charge on any atom is -0.308 e. The molecule has 0 saturated carbocycles. The molecule has 1 nitrogen and oxygen atoms in total. The first-order valence-electron chi connectivity index (χ1n) is 20.3. The van der Waals surface area contributed by atoms with Crippen molar-refractivity contribution in [2.75, 3.05) is 4.90 Å². The van der Waals surface area contributed by atoms with Crippen molar-refractivity contribution in [2.45, 2.75) is 24.7 Å². The van der Waals surface area contributed by atoms with Gasteiger partial charge in [0.25, 0.3) is 0 Å². The van der Waals surface area contributed by atoms with Crippen molar-refractivity contribution in [3.8, 4) is 20.9 Å². The summed E-state index contributed by atoms with van der Waals surface area (Å²) in [6, 6.07) is 49.5. The second-order valence-corrected chi connectivity index (χ2v) is 21.1. The molecule has 0 bridgehead atoms. The van der Waals surface area contributed by atoms with Crippen LogP contribution in [0, 0.1) is 0 Å². The standard InChI is InChI=1S/C54H31NS4/c1-53(2)35-10-4-5-11-41(35)55(43-27-45-34(26-40(43)53)30-8-3-6-13-44(30)58-45)42-12-7-9-31-32-19-21-37-48(50(32)59-49(31)42)33-18-16-28-14-15-29-17-20-36(47(33)46(28)29)54(37)38-22-24-56-51(38)52-39(54)23-25-57-52/h3-27H,1-2H3. The lowest BCUT2D eigenvalue weighted by atomic mass is 9.61. The van der Waals surface area contributed by atoms with Gasteiger partial charge in [0, 0.05) is 56.4 Å². The lowest BCUT2D eigenvalue weighted by molar-refractivity contribution is 0.633. The van der Waals surface area contributed by atoms with Gasteiger partial charge in [0.2, 0.25) is 0 Å². The summed E-state index contributed by atoms with van der Waals surface area (Å²) in [5.41, 5.74) is 17.2. The van der Waals surface area contributed by atoms with Gasteiger partial charge in [-0.15, -0.1) is 45.3 Å². The lowest BCUT2D eigenvalue weighted by Gasteiger charge is -2.42. The molecule has 0 amide bonds. The first kappa shape index (κ1) is 32.1. The summed E-state index contributed by atoms with van der Waals surface area (Å²) >= 11 is 7.71. The maximum atomic E-state index is 2.60. The van der Waals surface area contributed by atoms with Crippen LogP contribution in [0.3, 0.4) is 0 Å². The Morgan fingerprint density at radius 3 is 2.02 bits per heavy atom. The van der Waals surface area contributed by atoms with Gasteiger partial charge in [-0.2, -0.15) is 0 Å². The van der Waals surface area contributed by atoms with E-state index in [9.17, 15) is 0 Å². The largest absolute Gasteiger partial charge is 0.308 e. The first-order valence-corrected chi connectivity index (χ1v) is 23.7. The van der Waals surface area contributed by atoms with Crippen LogP contribution in [0.1, 0.15) is 58.4 Å². The molecule has 11 aromatic rings. The van der Waals surface area contributed by atoms with Gasteiger partial charge in [-0.05, 0) is 114 Å². The van der Waals surface area contributed by atoms with Crippen molar-refractivity contribution in [3.05, 3.63) is 183 Å². The smallest absolute Gasteiger partial charge is 0.0743 e. The van der Waals surface area contributed by atoms with Gasteiger partial charge >= 0.3 is 0 Å². The van der Waals surface area contributed by atoms with Gasteiger partial charge < -0.3 is 4.90 Å². The molecule has 59 heavy (non-hydrogen) atoms. The van der Waals surface area contributed by atoms with E-state index in [0.29, 0.717) is 0 Å². The van der Waals surface area contributed by atoms with E-state index in [-0.39, 0.29) is 10.8 Å². The van der Waals surface area contributed by atoms with E-state index in [4.69, 9.17) is 0 Å². The molecule has 15 rings (SSSR count). The third-order valence-electron chi connectivity index (χ3n) is 14.2. The number of thiophene rings is 4. The molecule has 5 heterocycles. The molecule has 0 atom stereocenters. The molecule has 1 aliphatic heterocycles. The lowest BCUT2D eigenvalue weighted by Crippen LogP contribution is -2.31. The van der Waals surface area contributed by atoms with Crippen LogP contribution >= 0.6 is 45.3 Å². The second kappa shape index (κ2) is 10.7. The molecule has 0 fully saturated rings. The van der Waals surface area contributed by atoms with Gasteiger partial charge in [0.1, 0.15) is 0 Å². The van der Waals surface area contributed by atoms with Crippen LogP contribution in [0.5, 0.6) is 0 Å². The minimum atomic E-state index is -0.369. The van der Waals surface area contributed by atoms with E-state index < -0.39 is 0 Å². The average Bonchev–Trinajstić information content (AvgIpc) is 4.12. The Morgan fingerprint density at radius 2 is 1.17 bits per heavy atom. The summed E-state index contributed by atoms with van der Waals surface area (Å²) in [4.78, 5) is 5.46. The van der Waals surface area contributed by atoms with E-state index in [2.05, 4.69) is 169 Å². The summed E-state index contributed by atoms with van der Waals surface area (Å²) in [6.45, 7) is 4.82. The molecule has 1 spiro atoms. The highest BCUT2D eigenvalue weighted by atomic mass is 32.1. The monoisotopic (exact) mass is 821 g/mol.